The van der Waals surface area contributed by atoms with Crippen LogP contribution in [-0.2, 0) is 9.53 Å². The van der Waals surface area contributed by atoms with Crippen LogP contribution in [0, 0.1) is 18.3 Å². The average Bonchev–Trinajstić information content (AvgIpc) is 2.56. The Morgan fingerprint density at radius 2 is 1.91 bits per heavy atom. The van der Waals surface area contributed by atoms with Crippen molar-refractivity contribution < 1.29 is 14.3 Å². The van der Waals surface area contributed by atoms with Crippen LogP contribution < -0.4 is 5.32 Å². The third kappa shape index (κ3) is 4.56. The van der Waals surface area contributed by atoms with Crippen LogP contribution in [0.5, 0.6) is 0 Å². The first-order valence-corrected chi connectivity index (χ1v) is 7.10. The summed E-state index contributed by atoms with van der Waals surface area (Å²) in [7, 11) is 0. The predicted octanol–water partition coefficient (Wildman–Crippen LogP) is 3.32. The molecule has 116 valence electrons. The smallest absolute Gasteiger partial charge is 0.338 e. The summed E-state index contributed by atoms with van der Waals surface area (Å²) in [6.07, 6.45) is 0. The van der Waals surface area contributed by atoms with Crippen molar-refractivity contribution >= 4 is 29.2 Å². The van der Waals surface area contributed by atoms with Crippen LogP contribution >= 0.6 is 11.6 Å². The van der Waals surface area contributed by atoms with Crippen molar-refractivity contribution in [1.82, 2.24) is 0 Å². The van der Waals surface area contributed by atoms with Crippen LogP contribution in [0.4, 0.5) is 5.69 Å². The first-order chi connectivity index (χ1) is 11.0. The molecule has 0 bridgehead atoms. The summed E-state index contributed by atoms with van der Waals surface area (Å²) in [5.41, 5.74) is 2.13. The third-order valence-corrected chi connectivity index (χ3v) is 3.29. The molecule has 2 aromatic rings. The molecular weight excluding hydrogens is 316 g/mol. The minimum atomic E-state index is -0.632. The van der Waals surface area contributed by atoms with E-state index in [9.17, 15) is 9.59 Å². The molecule has 0 aliphatic rings. The molecule has 0 heterocycles. The SMILES string of the molecule is Cc1ccc(Cl)cc1NC(=O)COC(=O)c1ccc(C#N)cc1. The molecule has 0 unspecified atom stereocenters. The van der Waals surface area contributed by atoms with Crippen molar-refractivity contribution in [2.24, 2.45) is 0 Å². The van der Waals surface area contributed by atoms with Gasteiger partial charge < -0.3 is 10.1 Å². The number of nitriles is 1. The Morgan fingerprint density at radius 1 is 1.22 bits per heavy atom. The summed E-state index contributed by atoms with van der Waals surface area (Å²) in [4.78, 5) is 23.7. The third-order valence-electron chi connectivity index (χ3n) is 3.06. The van der Waals surface area contributed by atoms with Crippen LogP contribution in [0.25, 0.3) is 0 Å². The highest BCUT2D eigenvalue weighted by molar-refractivity contribution is 6.31. The highest BCUT2D eigenvalue weighted by Crippen LogP contribution is 2.20. The maximum atomic E-state index is 11.8. The van der Waals surface area contributed by atoms with Crippen LogP contribution in [0.15, 0.2) is 42.5 Å². The summed E-state index contributed by atoms with van der Waals surface area (Å²) in [6.45, 7) is 1.42. The van der Waals surface area contributed by atoms with Crippen LogP contribution in [0.3, 0.4) is 0 Å². The molecule has 0 fully saturated rings. The van der Waals surface area contributed by atoms with E-state index in [1.54, 1.807) is 18.2 Å². The van der Waals surface area contributed by atoms with Crippen molar-refractivity contribution in [2.75, 3.05) is 11.9 Å². The highest BCUT2D eigenvalue weighted by Gasteiger charge is 2.11. The maximum Gasteiger partial charge on any atom is 0.338 e. The number of hydrogen-bond acceptors (Lipinski definition) is 4. The molecule has 0 spiro atoms. The average molecular weight is 329 g/mol. The van der Waals surface area contributed by atoms with E-state index in [1.807, 2.05) is 13.0 Å². The molecule has 0 aliphatic heterocycles. The van der Waals surface area contributed by atoms with Gasteiger partial charge in [-0.3, -0.25) is 4.79 Å². The Labute approximate surface area is 138 Å². The molecule has 1 N–H and O–H groups in total. The molecule has 0 saturated heterocycles. The second-order valence-corrected chi connectivity index (χ2v) is 5.21. The lowest BCUT2D eigenvalue weighted by Gasteiger charge is -2.09. The predicted molar refractivity (Wildman–Crippen MR) is 86.3 cm³/mol. The number of rotatable bonds is 4. The van der Waals surface area contributed by atoms with Gasteiger partial charge in [0.1, 0.15) is 0 Å². The molecule has 23 heavy (non-hydrogen) atoms. The number of esters is 1. The van der Waals surface area contributed by atoms with Crippen molar-refractivity contribution in [3.8, 4) is 6.07 Å². The van der Waals surface area contributed by atoms with Crippen LogP contribution in [0.1, 0.15) is 21.5 Å². The Morgan fingerprint density at radius 3 is 2.57 bits per heavy atom. The summed E-state index contributed by atoms with van der Waals surface area (Å²) in [5.74, 6) is -1.09. The van der Waals surface area contributed by atoms with E-state index in [1.165, 1.54) is 24.3 Å². The van der Waals surface area contributed by atoms with Crippen molar-refractivity contribution in [2.45, 2.75) is 6.92 Å². The van der Waals surface area contributed by atoms with E-state index < -0.39 is 18.5 Å². The summed E-state index contributed by atoms with van der Waals surface area (Å²) in [5, 5.41) is 11.8. The van der Waals surface area contributed by atoms with Gasteiger partial charge in [0.15, 0.2) is 6.61 Å². The number of benzene rings is 2. The molecular formula is C17H13ClN2O3. The van der Waals surface area contributed by atoms with E-state index in [-0.39, 0.29) is 5.56 Å². The second kappa shape index (κ2) is 7.43. The molecule has 2 rings (SSSR count). The maximum absolute atomic E-state index is 11.8. The van der Waals surface area contributed by atoms with Crippen molar-refractivity contribution in [3.05, 3.63) is 64.2 Å². The molecule has 5 nitrogen and oxygen atoms in total. The number of carbonyl (C=O) groups excluding carboxylic acids is 2. The number of hydrogen-bond donors (Lipinski definition) is 1. The van der Waals surface area contributed by atoms with Gasteiger partial charge in [0.2, 0.25) is 0 Å². The first kappa shape index (κ1) is 16.5. The lowest BCUT2D eigenvalue weighted by molar-refractivity contribution is -0.119. The quantitative estimate of drug-likeness (QED) is 0.873. The zero-order chi connectivity index (χ0) is 16.8. The van der Waals surface area contributed by atoms with Gasteiger partial charge >= 0.3 is 5.97 Å². The number of amides is 1. The molecule has 2 aromatic carbocycles. The number of nitrogens with zero attached hydrogens (tertiary/aromatic N) is 1. The van der Waals surface area contributed by atoms with Gasteiger partial charge in [-0.05, 0) is 48.9 Å². The minimum absolute atomic E-state index is 0.274. The zero-order valence-corrected chi connectivity index (χ0v) is 13.1. The largest absolute Gasteiger partial charge is 0.452 e. The molecule has 0 atom stereocenters. The second-order valence-electron chi connectivity index (χ2n) is 4.77. The first-order valence-electron chi connectivity index (χ1n) is 6.73. The summed E-state index contributed by atoms with van der Waals surface area (Å²) >= 11 is 5.87. The minimum Gasteiger partial charge on any atom is -0.452 e. The van der Waals surface area contributed by atoms with Crippen molar-refractivity contribution in [1.29, 1.82) is 5.26 Å². The van der Waals surface area contributed by atoms with Crippen LogP contribution in [-0.4, -0.2) is 18.5 Å². The monoisotopic (exact) mass is 328 g/mol. The van der Waals surface area contributed by atoms with Crippen molar-refractivity contribution in [3.63, 3.8) is 0 Å². The van der Waals surface area contributed by atoms with E-state index in [0.717, 1.165) is 5.56 Å². The molecule has 1 amide bonds. The fourth-order valence-corrected chi connectivity index (χ4v) is 1.98. The number of anilines is 1. The summed E-state index contributed by atoms with van der Waals surface area (Å²) in [6, 6.07) is 13.0. The van der Waals surface area contributed by atoms with Gasteiger partial charge in [0.05, 0.1) is 17.2 Å². The van der Waals surface area contributed by atoms with Gasteiger partial charge in [0.25, 0.3) is 5.91 Å². The molecule has 6 heteroatoms. The number of carbonyl (C=O) groups is 2. The lowest BCUT2D eigenvalue weighted by Crippen LogP contribution is -2.21. The Bertz CT molecular complexity index is 779. The summed E-state index contributed by atoms with van der Waals surface area (Å²) < 4.78 is 4.94. The molecule has 0 saturated carbocycles. The number of aryl methyl sites for hydroxylation is 1. The standard InChI is InChI=1S/C17H13ClN2O3/c1-11-2-7-14(18)8-15(11)20-16(21)10-23-17(22)13-5-3-12(9-19)4-6-13/h2-8H,10H2,1H3,(H,20,21). The molecule has 0 aromatic heterocycles. The fourth-order valence-electron chi connectivity index (χ4n) is 1.81. The molecule has 0 radical (unpaired) electrons. The van der Waals surface area contributed by atoms with E-state index >= 15 is 0 Å². The Kier molecular flexibility index (Phi) is 5.34. The van der Waals surface area contributed by atoms with Crippen LogP contribution in [0.2, 0.25) is 5.02 Å². The van der Waals surface area contributed by atoms with Gasteiger partial charge in [-0.2, -0.15) is 5.26 Å². The van der Waals surface area contributed by atoms with E-state index in [4.69, 9.17) is 21.6 Å². The van der Waals surface area contributed by atoms with Gasteiger partial charge in [-0.25, -0.2) is 4.79 Å². The van der Waals surface area contributed by atoms with Gasteiger partial charge in [-0.1, -0.05) is 17.7 Å². The normalized spacial score (nSPS) is 9.78. The Hall–Kier alpha value is -2.84. The lowest BCUT2D eigenvalue weighted by atomic mass is 10.1. The highest BCUT2D eigenvalue weighted by atomic mass is 35.5. The van der Waals surface area contributed by atoms with E-state index in [2.05, 4.69) is 5.32 Å². The zero-order valence-electron chi connectivity index (χ0n) is 12.3. The number of nitrogens with one attached hydrogen (secondary N) is 1. The van der Waals surface area contributed by atoms with E-state index in [0.29, 0.717) is 16.3 Å². The topological polar surface area (TPSA) is 79.2 Å². The van der Waals surface area contributed by atoms with Gasteiger partial charge in [-0.15, -0.1) is 0 Å². The molecule has 0 aliphatic carbocycles. The number of halogens is 1. The number of ether oxygens (including phenoxy) is 1. The Balaban J connectivity index is 1.92. The van der Waals surface area contributed by atoms with Gasteiger partial charge in [0, 0.05) is 10.7 Å². The fraction of sp³-hybridized carbons (Fsp3) is 0.118.